The van der Waals surface area contributed by atoms with Gasteiger partial charge < -0.3 is 9.84 Å². The third kappa shape index (κ3) is 1.45. The molecule has 1 unspecified atom stereocenters. The molecule has 3 atom stereocenters. The van der Waals surface area contributed by atoms with Gasteiger partial charge in [-0.3, -0.25) is 0 Å². The van der Waals surface area contributed by atoms with Gasteiger partial charge in [0.25, 0.3) is 0 Å². The summed E-state index contributed by atoms with van der Waals surface area (Å²) in [5.74, 6) is 0.368. The summed E-state index contributed by atoms with van der Waals surface area (Å²) in [6.07, 6.45) is 1.69. The Bertz CT molecular complexity index is 134. The first kappa shape index (κ1) is 9.08. The van der Waals surface area contributed by atoms with Gasteiger partial charge in [-0.05, 0) is 18.8 Å². The molecular formula is C8H15BO2. The van der Waals surface area contributed by atoms with Crippen molar-refractivity contribution in [3.63, 3.8) is 0 Å². The van der Waals surface area contributed by atoms with Crippen molar-refractivity contribution in [3.05, 3.63) is 0 Å². The molecule has 3 heteroatoms. The van der Waals surface area contributed by atoms with E-state index in [1.165, 1.54) is 0 Å². The highest BCUT2D eigenvalue weighted by molar-refractivity contribution is 6.11. The molecule has 1 aliphatic heterocycles. The van der Waals surface area contributed by atoms with E-state index < -0.39 is 0 Å². The van der Waals surface area contributed by atoms with Gasteiger partial charge in [0.1, 0.15) is 7.85 Å². The van der Waals surface area contributed by atoms with Crippen LogP contribution < -0.4 is 0 Å². The normalized spacial score (nSPS) is 44.6. The molecule has 11 heavy (non-hydrogen) atoms. The molecule has 62 valence electrons. The predicted molar refractivity (Wildman–Crippen MR) is 44.5 cm³/mol. The third-order valence-corrected chi connectivity index (χ3v) is 2.74. The Morgan fingerprint density at radius 3 is 2.55 bits per heavy atom. The van der Waals surface area contributed by atoms with E-state index in [1.54, 1.807) is 0 Å². The number of aliphatic hydroxyl groups is 1. The van der Waals surface area contributed by atoms with Crippen molar-refractivity contribution < 1.29 is 9.84 Å². The zero-order chi connectivity index (χ0) is 8.48. The van der Waals surface area contributed by atoms with Crippen LogP contribution in [0.2, 0.25) is 0 Å². The Labute approximate surface area is 69.3 Å². The highest BCUT2D eigenvalue weighted by Crippen LogP contribution is 2.36. The molecule has 1 saturated heterocycles. The molecular weight excluding hydrogens is 139 g/mol. The zero-order valence-corrected chi connectivity index (χ0v) is 7.21. The Morgan fingerprint density at radius 1 is 1.73 bits per heavy atom. The summed E-state index contributed by atoms with van der Waals surface area (Å²) < 4.78 is 5.49. The second kappa shape index (κ2) is 3.15. The van der Waals surface area contributed by atoms with E-state index in [2.05, 4.69) is 6.92 Å². The quantitative estimate of drug-likeness (QED) is 0.592. The van der Waals surface area contributed by atoms with Crippen molar-refractivity contribution in [1.82, 2.24) is 0 Å². The van der Waals surface area contributed by atoms with Crippen molar-refractivity contribution in [3.8, 4) is 0 Å². The summed E-state index contributed by atoms with van der Waals surface area (Å²) >= 11 is 0. The molecule has 0 spiro atoms. The van der Waals surface area contributed by atoms with Crippen LogP contribution in [0, 0.1) is 5.92 Å². The van der Waals surface area contributed by atoms with Gasteiger partial charge in [-0.1, -0.05) is 13.8 Å². The van der Waals surface area contributed by atoms with Gasteiger partial charge >= 0.3 is 0 Å². The number of aliphatic hydroxyl groups excluding tert-OH is 1. The topological polar surface area (TPSA) is 29.5 Å². The van der Waals surface area contributed by atoms with E-state index in [0.717, 1.165) is 12.8 Å². The van der Waals surface area contributed by atoms with Crippen LogP contribution >= 0.6 is 0 Å². The molecule has 0 bridgehead atoms. The summed E-state index contributed by atoms with van der Waals surface area (Å²) in [6, 6.07) is -0.183. The van der Waals surface area contributed by atoms with Crippen LogP contribution in [0.3, 0.4) is 0 Å². The Morgan fingerprint density at radius 2 is 2.36 bits per heavy atom. The maximum Gasteiger partial charge on any atom is 0.109 e. The summed E-state index contributed by atoms with van der Waals surface area (Å²) in [4.78, 5) is 0. The Kier molecular flexibility index (Phi) is 2.60. The summed E-state index contributed by atoms with van der Waals surface area (Å²) in [5, 5.41) is 9.12. The van der Waals surface area contributed by atoms with Crippen LogP contribution in [-0.4, -0.2) is 31.2 Å². The summed E-state index contributed by atoms with van der Waals surface area (Å²) in [5.41, 5.74) is -0.362. The van der Waals surface area contributed by atoms with E-state index in [9.17, 15) is 0 Å². The Hall–Kier alpha value is -0.0151. The monoisotopic (exact) mass is 154 g/mol. The predicted octanol–water partition coefficient (Wildman–Crippen LogP) is 0.678. The lowest BCUT2D eigenvalue weighted by Gasteiger charge is -2.29. The van der Waals surface area contributed by atoms with Crippen molar-refractivity contribution in [2.75, 3.05) is 6.61 Å². The largest absolute Gasteiger partial charge is 0.393 e. The highest BCUT2D eigenvalue weighted by Gasteiger charge is 2.42. The van der Waals surface area contributed by atoms with Crippen LogP contribution in [0.1, 0.15) is 26.7 Å². The van der Waals surface area contributed by atoms with Crippen LogP contribution in [0.25, 0.3) is 0 Å². The van der Waals surface area contributed by atoms with Gasteiger partial charge in [-0.25, -0.2) is 0 Å². The molecule has 0 amide bonds. The molecule has 0 saturated carbocycles. The molecule has 1 N–H and O–H groups in total. The van der Waals surface area contributed by atoms with Crippen LogP contribution in [0.5, 0.6) is 0 Å². The van der Waals surface area contributed by atoms with E-state index in [4.69, 9.17) is 17.7 Å². The Balaban J connectivity index is 2.67. The fraction of sp³-hybridized carbons (Fsp3) is 1.00. The molecule has 0 aromatic rings. The van der Waals surface area contributed by atoms with Gasteiger partial charge in [0.2, 0.25) is 0 Å². The SMILES string of the molecule is [B][C@H]1CC(C)[C@](CC)(CO)O1. The van der Waals surface area contributed by atoms with Gasteiger partial charge in [-0.2, -0.15) is 0 Å². The lowest BCUT2D eigenvalue weighted by atomic mass is 9.84. The first-order valence-corrected chi connectivity index (χ1v) is 4.19. The highest BCUT2D eigenvalue weighted by atomic mass is 16.5. The van der Waals surface area contributed by atoms with Gasteiger partial charge in [0, 0.05) is 6.00 Å². The number of ether oxygens (including phenoxy) is 1. The van der Waals surface area contributed by atoms with E-state index >= 15 is 0 Å². The number of hydrogen-bond acceptors (Lipinski definition) is 2. The second-order valence-electron chi connectivity index (χ2n) is 3.37. The minimum absolute atomic E-state index is 0.0817. The molecule has 1 fully saturated rings. The first-order chi connectivity index (χ1) is 5.14. The fourth-order valence-corrected chi connectivity index (χ4v) is 1.77. The van der Waals surface area contributed by atoms with Crippen molar-refractivity contribution in [1.29, 1.82) is 0 Å². The van der Waals surface area contributed by atoms with Crippen molar-refractivity contribution in [2.24, 2.45) is 5.92 Å². The van der Waals surface area contributed by atoms with Gasteiger partial charge in [0.15, 0.2) is 0 Å². The van der Waals surface area contributed by atoms with Crippen LogP contribution in [0.15, 0.2) is 0 Å². The fourth-order valence-electron chi connectivity index (χ4n) is 1.77. The molecule has 0 aromatic carbocycles. The van der Waals surface area contributed by atoms with Gasteiger partial charge in [-0.15, -0.1) is 0 Å². The number of rotatable bonds is 2. The van der Waals surface area contributed by atoms with E-state index in [1.807, 2.05) is 6.92 Å². The minimum Gasteiger partial charge on any atom is -0.393 e. The summed E-state index contributed by atoms with van der Waals surface area (Å²) in [6.45, 7) is 4.18. The molecule has 1 heterocycles. The molecule has 2 nitrogen and oxygen atoms in total. The van der Waals surface area contributed by atoms with Crippen molar-refractivity contribution >= 4 is 7.85 Å². The standard InChI is InChI=1S/C8H15BO2/c1-3-8(5-10)6(2)4-7(9)11-8/h6-7,10H,3-5H2,1-2H3/t6?,7-,8+/m1/s1. The van der Waals surface area contributed by atoms with Gasteiger partial charge in [0.05, 0.1) is 12.2 Å². The maximum absolute atomic E-state index is 9.12. The molecule has 2 radical (unpaired) electrons. The summed E-state index contributed by atoms with van der Waals surface area (Å²) in [7, 11) is 5.62. The molecule has 0 aliphatic carbocycles. The lowest BCUT2D eigenvalue weighted by molar-refractivity contribution is -0.0709. The maximum atomic E-state index is 9.12. The smallest absolute Gasteiger partial charge is 0.109 e. The average molecular weight is 154 g/mol. The van der Waals surface area contributed by atoms with Crippen molar-refractivity contribution in [2.45, 2.75) is 38.3 Å². The van der Waals surface area contributed by atoms with Crippen LogP contribution in [0.4, 0.5) is 0 Å². The minimum atomic E-state index is -0.362. The van der Waals surface area contributed by atoms with E-state index in [-0.39, 0.29) is 18.2 Å². The third-order valence-electron chi connectivity index (χ3n) is 2.74. The lowest BCUT2D eigenvalue weighted by Crippen LogP contribution is -2.38. The number of hydrogen-bond donors (Lipinski definition) is 1. The molecule has 1 aliphatic rings. The first-order valence-electron chi connectivity index (χ1n) is 4.19. The van der Waals surface area contributed by atoms with E-state index in [0.29, 0.717) is 5.92 Å². The second-order valence-corrected chi connectivity index (χ2v) is 3.37. The van der Waals surface area contributed by atoms with Crippen LogP contribution in [-0.2, 0) is 4.74 Å². The zero-order valence-electron chi connectivity index (χ0n) is 7.21. The average Bonchev–Trinajstić information content (AvgIpc) is 2.27. The molecule has 1 rings (SSSR count). The molecule has 0 aromatic heterocycles.